The van der Waals surface area contributed by atoms with Gasteiger partial charge < -0.3 is 9.47 Å². The van der Waals surface area contributed by atoms with E-state index < -0.39 is 0 Å². The molecule has 0 bridgehead atoms. The SMILES string of the molecule is CC(C)CC(c1ccc(OCOCCC2CCCCC2)cc1)C(C)C. The van der Waals surface area contributed by atoms with E-state index in [0.717, 1.165) is 24.2 Å². The Bertz CT molecular complexity index is 457. The van der Waals surface area contributed by atoms with Gasteiger partial charge in [-0.15, -0.1) is 0 Å². The summed E-state index contributed by atoms with van der Waals surface area (Å²) in [4.78, 5) is 0. The molecule has 2 rings (SSSR count). The Morgan fingerprint density at radius 3 is 2.24 bits per heavy atom. The molecule has 0 spiro atoms. The molecule has 0 radical (unpaired) electrons. The van der Waals surface area contributed by atoms with Crippen molar-refractivity contribution < 1.29 is 9.47 Å². The Balaban J connectivity index is 1.70. The summed E-state index contributed by atoms with van der Waals surface area (Å²) >= 11 is 0. The van der Waals surface area contributed by atoms with Crippen LogP contribution in [0.5, 0.6) is 5.75 Å². The lowest BCUT2D eigenvalue weighted by Gasteiger charge is -2.23. The van der Waals surface area contributed by atoms with E-state index >= 15 is 0 Å². The first-order valence-electron chi connectivity index (χ1n) is 10.4. The van der Waals surface area contributed by atoms with Gasteiger partial charge in [0.1, 0.15) is 5.75 Å². The van der Waals surface area contributed by atoms with E-state index in [1.165, 1.54) is 50.5 Å². The van der Waals surface area contributed by atoms with Crippen molar-refractivity contribution >= 4 is 0 Å². The first kappa shape index (κ1) is 20.3. The van der Waals surface area contributed by atoms with E-state index in [1.807, 2.05) is 0 Å². The monoisotopic (exact) mass is 346 g/mol. The van der Waals surface area contributed by atoms with Gasteiger partial charge in [-0.05, 0) is 54.2 Å². The van der Waals surface area contributed by atoms with E-state index in [9.17, 15) is 0 Å². The number of rotatable bonds is 10. The fourth-order valence-corrected chi connectivity index (χ4v) is 4.01. The smallest absolute Gasteiger partial charge is 0.189 e. The third kappa shape index (κ3) is 7.40. The Hall–Kier alpha value is -1.02. The van der Waals surface area contributed by atoms with Crippen molar-refractivity contribution in [2.24, 2.45) is 17.8 Å². The van der Waals surface area contributed by atoms with Crippen LogP contribution in [0.25, 0.3) is 0 Å². The molecule has 0 amide bonds. The molecule has 2 nitrogen and oxygen atoms in total. The van der Waals surface area contributed by atoms with Crippen LogP contribution in [0.15, 0.2) is 24.3 Å². The molecule has 1 aliphatic carbocycles. The zero-order chi connectivity index (χ0) is 18.1. The molecular weight excluding hydrogens is 308 g/mol. The molecule has 1 aromatic carbocycles. The van der Waals surface area contributed by atoms with Crippen LogP contribution in [0.1, 0.15) is 84.1 Å². The van der Waals surface area contributed by atoms with Crippen LogP contribution in [0.3, 0.4) is 0 Å². The number of hydrogen-bond acceptors (Lipinski definition) is 2. The van der Waals surface area contributed by atoms with Crippen LogP contribution in [-0.4, -0.2) is 13.4 Å². The lowest BCUT2D eigenvalue weighted by molar-refractivity contribution is 0.00763. The zero-order valence-corrected chi connectivity index (χ0v) is 16.8. The Morgan fingerprint density at radius 1 is 0.960 bits per heavy atom. The molecule has 1 aliphatic rings. The maximum Gasteiger partial charge on any atom is 0.189 e. The van der Waals surface area contributed by atoms with E-state index in [1.54, 1.807) is 0 Å². The Labute approximate surface area is 155 Å². The van der Waals surface area contributed by atoms with Gasteiger partial charge in [-0.25, -0.2) is 0 Å². The predicted molar refractivity (Wildman–Crippen MR) is 106 cm³/mol. The molecule has 1 atom stereocenters. The summed E-state index contributed by atoms with van der Waals surface area (Å²) in [5.41, 5.74) is 1.43. The third-order valence-electron chi connectivity index (χ3n) is 5.54. The summed E-state index contributed by atoms with van der Waals surface area (Å²) < 4.78 is 11.4. The van der Waals surface area contributed by atoms with Gasteiger partial charge in [0.2, 0.25) is 0 Å². The van der Waals surface area contributed by atoms with Gasteiger partial charge in [0.25, 0.3) is 0 Å². The highest BCUT2D eigenvalue weighted by molar-refractivity contribution is 5.29. The topological polar surface area (TPSA) is 18.5 Å². The predicted octanol–water partition coefficient (Wildman–Crippen LogP) is 6.80. The summed E-state index contributed by atoms with van der Waals surface area (Å²) in [5, 5.41) is 0. The maximum absolute atomic E-state index is 5.75. The average Bonchev–Trinajstić information content (AvgIpc) is 2.60. The summed E-state index contributed by atoms with van der Waals surface area (Å²) in [5.74, 6) is 3.80. The minimum absolute atomic E-state index is 0.367. The summed E-state index contributed by atoms with van der Waals surface area (Å²) in [7, 11) is 0. The van der Waals surface area contributed by atoms with Gasteiger partial charge in [0.15, 0.2) is 6.79 Å². The molecule has 1 saturated carbocycles. The second-order valence-corrected chi connectivity index (χ2v) is 8.51. The molecular formula is C23H38O2. The van der Waals surface area contributed by atoms with Crippen LogP contribution < -0.4 is 4.74 Å². The van der Waals surface area contributed by atoms with Crippen LogP contribution >= 0.6 is 0 Å². The number of ether oxygens (including phenoxy) is 2. The standard InChI is InChI=1S/C23H38O2/c1-18(2)16-23(19(3)4)21-10-12-22(13-11-21)25-17-24-15-14-20-8-6-5-7-9-20/h10-13,18-20,23H,5-9,14-17H2,1-4H3. The second-order valence-electron chi connectivity index (χ2n) is 8.51. The molecule has 25 heavy (non-hydrogen) atoms. The van der Waals surface area contributed by atoms with Gasteiger partial charge in [-0.2, -0.15) is 0 Å². The molecule has 1 fully saturated rings. The fourth-order valence-electron chi connectivity index (χ4n) is 4.01. The second kappa shape index (κ2) is 10.9. The van der Waals surface area contributed by atoms with Crippen LogP contribution in [-0.2, 0) is 4.74 Å². The van der Waals surface area contributed by atoms with Crippen LogP contribution in [0.4, 0.5) is 0 Å². The highest BCUT2D eigenvalue weighted by Crippen LogP contribution is 2.32. The average molecular weight is 347 g/mol. The maximum atomic E-state index is 5.75. The highest BCUT2D eigenvalue weighted by atomic mass is 16.7. The van der Waals surface area contributed by atoms with Crippen LogP contribution in [0.2, 0.25) is 0 Å². The minimum Gasteiger partial charge on any atom is -0.468 e. The normalized spacial score (nSPS) is 17.2. The van der Waals surface area contributed by atoms with E-state index in [4.69, 9.17) is 9.47 Å². The molecule has 142 valence electrons. The van der Waals surface area contributed by atoms with Gasteiger partial charge >= 0.3 is 0 Å². The lowest BCUT2D eigenvalue weighted by Crippen LogP contribution is -2.12. The van der Waals surface area contributed by atoms with Crippen LogP contribution in [0, 0.1) is 17.8 Å². The lowest BCUT2D eigenvalue weighted by atomic mass is 9.82. The van der Waals surface area contributed by atoms with E-state index in [2.05, 4.69) is 52.0 Å². The zero-order valence-electron chi connectivity index (χ0n) is 16.8. The number of hydrogen-bond donors (Lipinski definition) is 0. The van der Waals surface area contributed by atoms with Crippen molar-refractivity contribution in [1.82, 2.24) is 0 Å². The van der Waals surface area contributed by atoms with Crippen molar-refractivity contribution in [3.8, 4) is 5.75 Å². The highest BCUT2D eigenvalue weighted by Gasteiger charge is 2.17. The summed E-state index contributed by atoms with van der Waals surface area (Å²) in [6.45, 7) is 10.4. The first-order chi connectivity index (χ1) is 12.1. The Morgan fingerprint density at radius 2 is 1.64 bits per heavy atom. The number of benzene rings is 1. The fraction of sp³-hybridized carbons (Fsp3) is 0.739. The van der Waals surface area contributed by atoms with Crippen molar-refractivity contribution in [2.45, 2.75) is 78.6 Å². The van der Waals surface area contributed by atoms with Gasteiger partial charge in [-0.3, -0.25) is 0 Å². The van der Waals surface area contributed by atoms with Crippen molar-refractivity contribution in [1.29, 1.82) is 0 Å². The van der Waals surface area contributed by atoms with E-state index in [0.29, 0.717) is 18.6 Å². The van der Waals surface area contributed by atoms with Crippen molar-refractivity contribution in [3.05, 3.63) is 29.8 Å². The van der Waals surface area contributed by atoms with E-state index in [-0.39, 0.29) is 0 Å². The molecule has 0 N–H and O–H groups in total. The minimum atomic E-state index is 0.367. The first-order valence-corrected chi connectivity index (χ1v) is 10.4. The quantitative estimate of drug-likeness (QED) is 0.343. The molecule has 0 heterocycles. The van der Waals surface area contributed by atoms with Crippen molar-refractivity contribution in [2.75, 3.05) is 13.4 Å². The molecule has 1 aromatic rings. The molecule has 1 unspecified atom stereocenters. The van der Waals surface area contributed by atoms with Crippen molar-refractivity contribution in [3.63, 3.8) is 0 Å². The van der Waals surface area contributed by atoms with Gasteiger partial charge in [0.05, 0.1) is 6.61 Å². The molecule has 0 aromatic heterocycles. The summed E-state index contributed by atoms with van der Waals surface area (Å²) in [6, 6.07) is 8.64. The van der Waals surface area contributed by atoms with Gasteiger partial charge in [-0.1, -0.05) is 71.9 Å². The van der Waals surface area contributed by atoms with Gasteiger partial charge in [0, 0.05) is 0 Å². The molecule has 2 heteroatoms. The summed E-state index contributed by atoms with van der Waals surface area (Å²) in [6.07, 6.45) is 9.43. The molecule has 0 saturated heterocycles. The third-order valence-corrected chi connectivity index (χ3v) is 5.54. The largest absolute Gasteiger partial charge is 0.468 e. The Kier molecular flexibility index (Phi) is 8.81. The molecule has 0 aliphatic heterocycles.